The Kier molecular flexibility index (Phi) is 6.13. The lowest BCUT2D eigenvalue weighted by Crippen LogP contribution is -2.17. The Labute approximate surface area is 142 Å². The van der Waals surface area contributed by atoms with E-state index in [1.165, 1.54) is 22.9 Å². The smallest absolute Gasteiger partial charge is 0.271 e. The maximum absolute atomic E-state index is 12.0. The summed E-state index contributed by atoms with van der Waals surface area (Å²) < 4.78 is 1.39. The third-order valence-electron chi connectivity index (χ3n) is 3.16. The van der Waals surface area contributed by atoms with E-state index in [4.69, 9.17) is 5.84 Å². The van der Waals surface area contributed by atoms with Gasteiger partial charge in [-0.1, -0.05) is 31.2 Å². The molecule has 0 saturated carbocycles. The summed E-state index contributed by atoms with van der Waals surface area (Å²) >= 11 is 1.16. The van der Waals surface area contributed by atoms with Gasteiger partial charge >= 0.3 is 0 Å². The Morgan fingerprint density at radius 1 is 1.46 bits per heavy atom. The predicted octanol–water partition coefficient (Wildman–Crippen LogP) is 1.97. The lowest BCUT2D eigenvalue weighted by atomic mass is 10.2. The Morgan fingerprint density at radius 2 is 2.25 bits per heavy atom. The van der Waals surface area contributed by atoms with Crippen molar-refractivity contribution < 1.29 is 9.72 Å². The van der Waals surface area contributed by atoms with E-state index >= 15 is 0 Å². The first-order valence-corrected chi connectivity index (χ1v) is 8.36. The van der Waals surface area contributed by atoms with Gasteiger partial charge in [-0.15, -0.1) is 10.2 Å². The molecule has 1 heterocycles. The first-order chi connectivity index (χ1) is 11.5. The number of nitrogens with one attached hydrogen (secondary N) is 1. The average molecular weight is 350 g/mol. The predicted molar refractivity (Wildman–Crippen MR) is 91.2 cm³/mol. The number of nitrogens with two attached hydrogens (primary N) is 1. The fraction of sp³-hybridized carbons (Fsp3) is 0.357. The molecule has 0 aliphatic carbocycles. The van der Waals surface area contributed by atoms with Gasteiger partial charge in [0, 0.05) is 24.2 Å². The molecule has 2 aromatic rings. The summed E-state index contributed by atoms with van der Waals surface area (Å²) in [5.74, 6) is 6.35. The molecule has 3 N–H and O–H groups in total. The molecule has 2 rings (SSSR count). The van der Waals surface area contributed by atoms with Gasteiger partial charge in [0.25, 0.3) is 5.69 Å². The number of non-ortho nitro benzene ring substituents is 1. The number of rotatable bonds is 8. The van der Waals surface area contributed by atoms with Gasteiger partial charge in [0.05, 0.1) is 10.7 Å². The number of nitrogens with zero attached hydrogens (tertiary/aromatic N) is 4. The van der Waals surface area contributed by atoms with E-state index in [-0.39, 0.29) is 17.3 Å². The van der Waals surface area contributed by atoms with Crippen LogP contribution in [0.25, 0.3) is 0 Å². The van der Waals surface area contributed by atoms with E-state index < -0.39 is 4.92 Å². The van der Waals surface area contributed by atoms with E-state index in [9.17, 15) is 14.9 Å². The topological polar surface area (TPSA) is 129 Å². The third-order valence-corrected chi connectivity index (χ3v) is 4.11. The second-order valence-electron chi connectivity index (χ2n) is 5.02. The third kappa shape index (κ3) is 4.69. The molecule has 24 heavy (non-hydrogen) atoms. The monoisotopic (exact) mass is 350 g/mol. The minimum atomic E-state index is -0.515. The number of carbonyl (C=O) groups is 1. The van der Waals surface area contributed by atoms with Crippen LogP contribution in [0.15, 0.2) is 29.4 Å². The van der Waals surface area contributed by atoms with Crippen LogP contribution in [0.2, 0.25) is 0 Å². The van der Waals surface area contributed by atoms with Crippen LogP contribution >= 0.6 is 11.8 Å². The molecule has 128 valence electrons. The fourth-order valence-electron chi connectivity index (χ4n) is 1.94. The van der Waals surface area contributed by atoms with Crippen molar-refractivity contribution >= 4 is 29.0 Å². The molecule has 0 saturated heterocycles. The Hall–Kier alpha value is -2.62. The van der Waals surface area contributed by atoms with E-state index in [0.29, 0.717) is 16.7 Å². The number of nitro groups is 1. The number of anilines is 1. The largest absolute Gasteiger partial charge is 0.336 e. The zero-order valence-electron chi connectivity index (χ0n) is 13.1. The number of unbranched alkanes of at least 4 members (excludes halogenated alkanes) is 1. The molecule has 10 heteroatoms. The van der Waals surface area contributed by atoms with Crippen LogP contribution in [-0.2, 0) is 11.2 Å². The molecule has 9 nitrogen and oxygen atoms in total. The van der Waals surface area contributed by atoms with Crippen LogP contribution in [0.1, 0.15) is 25.6 Å². The van der Waals surface area contributed by atoms with Crippen LogP contribution in [0, 0.1) is 10.1 Å². The molecule has 0 radical (unpaired) electrons. The number of hydrogen-bond donors (Lipinski definition) is 2. The lowest BCUT2D eigenvalue weighted by molar-refractivity contribution is -0.384. The van der Waals surface area contributed by atoms with Gasteiger partial charge in [-0.3, -0.25) is 14.9 Å². The number of nitrogen functional groups attached to an aromatic ring is 1. The van der Waals surface area contributed by atoms with Crippen molar-refractivity contribution in [2.24, 2.45) is 0 Å². The summed E-state index contributed by atoms with van der Waals surface area (Å²) in [6, 6.07) is 5.76. The van der Waals surface area contributed by atoms with Crippen LogP contribution in [-0.4, -0.2) is 31.5 Å². The average Bonchev–Trinajstić information content (AvgIpc) is 2.91. The fourth-order valence-corrected chi connectivity index (χ4v) is 2.61. The standard InChI is InChI=1S/C14H18N6O3S/c1-2-3-7-12-17-18-14(19(12)15)24-9-13(21)16-10-5-4-6-11(8-10)20(22)23/h4-6,8H,2-3,7,9,15H2,1H3,(H,16,21). The highest BCUT2D eigenvalue weighted by atomic mass is 32.2. The van der Waals surface area contributed by atoms with Gasteiger partial charge in [0.2, 0.25) is 11.1 Å². The van der Waals surface area contributed by atoms with Gasteiger partial charge in [-0.05, 0) is 12.5 Å². The zero-order chi connectivity index (χ0) is 17.5. The number of thioether (sulfide) groups is 1. The van der Waals surface area contributed by atoms with Crippen molar-refractivity contribution in [1.82, 2.24) is 14.9 Å². The number of carbonyl (C=O) groups excluding carboxylic acids is 1. The van der Waals surface area contributed by atoms with Crippen LogP contribution < -0.4 is 11.2 Å². The highest BCUT2D eigenvalue weighted by Gasteiger charge is 2.13. The highest BCUT2D eigenvalue weighted by Crippen LogP contribution is 2.19. The molecule has 0 aliphatic heterocycles. The first-order valence-electron chi connectivity index (χ1n) is 7.37. The molecule has 1 aromatic heterocycles. The first kappa shape index (κ1) is 17.7. The van der Waals surface area contributed by atoms with Crippen molar-refractivity contribution in [2.45, 2.75) is 31.3 Å². The Bertz CT molecular complexity index is 733. The molecular weight excluding hydrogens is 332 g/mol. The van der Waals surface area contributed by atoms with Crippen molar-refractivity contribution in [3.63, 3.8) is 0 Å². The maximum atomic E-state index is 12.0. The quantitative estimate of drug-likeness (QED) is 0.322. The molecule has 0 fully saturated rings. The SMILES string of the molecule is CCCCc1nnc(SCC(=O)Nc2cccc([N+](=O)[O-])c2)n1N. The molecule has 0 aliphatic rings. The molecule has 1 amide bonds. The molecule has 0 unspecified atom stereocenters. The van der Waals surface area contributed by atoms with Crippen LogP contribution in [0.4, 0.5) is 11.4 Å². The maximum Gasteiger partial charge on any atom is 0.271 e. The van der Waals surface area contributed by atoms with E-state index in [1.807, 2.05) is 0 Å². The molecule has 0 spiro atoms. The summed E-state index contributed by atoms with van der Waals surface area (Å²) in [6.07, 6.45) is 2.73. The van der Waals surface area contributed by atoms with Crippen molar-refractivity contribution in [3.05, 3.63) is 40.2 Å². The number of nitro benzene ring substituents is 1. The number of aromatic nitrogens is 3. The van der Waals surface area contributed by atoms with Gasteiger partial charge in [0.15, 0.2) is 5.82 Å². The summed E-state index contributed by atoms with van der Waals surface area (Å²) in [7, 11) is 0. The van der Waals surface area contributed by atoms with Crippen LogP contribution in [0.5, 0.6) is 0 Å². The van der Waals surface area contributed by atoms with Crippen molar-refractivity contribution in [2.75, 3.05) is 16.9 Å². The number of hydrogen-bond acceptors (Lipinski definition) is 7. The van der Waals surface area contributed by atoms with E-state index in [0.717, 1.165) is 31.0 Å². The minimum Gasteiger partial charge on any atom is -0.336 e. The molecule has 1 aromatic carbocycles. The second-order valence-corrected chi connectivity index (χ2v) is 5.96. The summed E-state index contributed by atoms with van der Waals surface area (Å²) in [5, 5.41) is 21.8. The van der Waals surface area contributed by atoms with Gasteiger partial charge in [-0.2, -0.15) is 0 Å². The summed E-state index contributed by atoms with van der Waals surface area (Å²) in [5.41, 5.74) is 0.287. The number of benzene rings is 1. The van der Waals surface area contributed by atoms with Crippen LogP contribution in [0.3, 0.4) is 0 Å². The van der Waals surface area contributed by atoms with Gasteiger partial charge in [-0.25, -0.2) is 4.68 Å². The normalized spacial score (nSPS) is 10.5. The minimum absolute atomic E-state index is 0.0752. The Morgan fingerprint density at radius 3 is 2.96 bits per heavy atom. The summed E-state index contributed by atoms with van der Waals surface area (Å²) in [6.45, 7) is 2.07. The summed E-state index contributed by atoms with van der Waals surface area (Å²) in [4.78, 5) is 22.2. The second kappa shape index (κ2) is 8.29. The number of aryl methyl sites for hydroxylation is 1. The Balaban J connectivity index is 1.90. The molecular formula is C14H18N6O3S. The lowest BCUT2D eigenvalue weighted by Gasteiger charge is -2.05. The van der Waals surface area contributed by atoms with Crippen molar-refractivity contribution in [3.8, 4) is 0 Å². The van der Waals surface area contributed by atoms with Crippen molar-refractivity contribution in [1.29, 1.82) is 0 Å². The molecule has 0 bridgehead atoms. The van der Waals surface area contributed by atoms with Gasteiger partial charge in [0.1, 0.15) is 0 Å². The van der Waals surface area contributed by atoms with E-state index in [1.54, 1.807) is 6.07 Å². The number of amides is 1. The van der Waals surface area contributed by atoms with E-state index in [2.05, 4.69) is 22.4 Å². The highest BCUT2D eigenvalue weighted by molar-refractivity contribution is 7.99. The van der Waals surface area contributed by atoms with Gasteiger partial charge < -0.3 is 11.2 Å². The molecule has 0 atom stereocenters. The zero-order valence-corrected chi connectivity index (χ0v) is 14.0.